The highest BCUT2D eigenvalue weighted by Gasteiger charge is 2.26. The maximum Gasteiger partial charge on any atom is 0.252 e. The van der Waals surface area contributed by atoms with Crippen LogP contribution < -0.4 is 5.32 Å². The van der Waals surface area contributed by atoms with Gasteiger partial charge in [0.2, 0.25) is 0 Å². The van der Waals surface area contributed by atoms with Crippen molar-refractivity contribution in [1.29, 1.82) is 0 Å². The van der Waals surface area contributed by atoms with Crippen LogP contribution in [0, 0.1) is 3.57 Å². The monoisotopic (exact) mass is 395 g/mol. The lowest BCUT2D eigenvalue weighted by Gasteiger charge is -2.29. The molecule has 1 atom stereocenters. The molecule has 0 fully saturated rings. The highest BCUT2D eigenvalue weighted by molar-refractivity contribution is 14.1. The van der Waals surface area contributed by atoms with Crippen LogP contribution in [0.15, 0.2) is 24.3 Å². The summed E-state index contributed by atoms with van der Waals surface area (Å²) in [6, 6.07) is 7.57. The van der Waals surface area contributed by atoms with E-state index < -0.39 is 0 Å². The first kappa shape index (κ1) is 14.0. The molecule has 0 aliphatic heterocycles. The average molecular weight is 396 g/mol. The lowest BCUT2D eigenvalue weighted by molar-refractivity contribution is 0.0913. The van der Waals surface area contributed by atoms with Gasteiger partial charge in [0.1, 0.15) is 0 Å². The van der Waals surface area contributed by atoms with E-state index in [9.17, 15) is 4.79 Å². The van der Waals surface area contributed by atoms with Crippen LogP contribution in [-0.2, 0) is 0 Å². The molecule has 0 aromatic heterocycles. The van der Waals surface area contributed by atoms with Gasteiger partial charge in [-0.05, 0) is 48.6 Å². The van der Waals surface area contributed by atoms with Gasteiger partial charge >= 0.3 is 0 Å². The lowest BCUT2D eigenvalue weighted by atomic mass is 10.0. The number of halogens is 2. The minimum absolute atomic E-state index is 0.0266. The van der Waals surface area contributed by atoms with Gasteiger partial charge in [-0.3, -0.25) is 4.79 Å². The van der Waals surface area contributed by atoms with Gasteiger partial charge in [-0.25, -0.2) is 0 Å². The van der Waals surface area contributed by atoms with Gasteiger partial charge in [-0.15, -0.1) is 0 Å². The number of benzene rings is 1. The Labute approximate surface area is 118 Å². The van der Waals surface area contributed by atoms with Gasteiger partial charge in [-0.1, -0.05) is 35.0 Å². The number of hydrogen-bond acceptors (Lipinski definition) is 1. The number of rotatable bonds is 3. The van der Waals surface area contributed by atoms with Crippen LogP contribution in [0.4, 0.5) is 0 Å². The van der Waals surface area contributed by atoms with Crippen LogP contribution >= 0.6 is 38.5 Å². The summed E-state index contributed by atoms with van der Waals surface area (Å²) < 4.78 is 0.968. The van der Waals surface area contributed by atoms with Crippen molar-refractivity contribution in [3.8, 4) is 0 Å². The van der Waals surface area contributed by atoms with E-state index in [0.717, 1.165) is 9.13 Å². The van der Waals surface area contributed by atoms with Crippen LogP contribution in [0.1, 0.15) is 31.1 Å². The highest BCUT2D eigenvalue weighted by Crippen LogP contribution is 2.18. The predicted molar refractivity (Wildman–Crippen MR) is 79.1 cm³/mol. The summed E-state index contributed by atoms with van der Waals surface area (Å²) in [5.74, 6) is -0.0266. The fourth-order valence-electron chi connectivity index (χ4n) is 1.10. The summed E-state index contributed by atoms with van der Waals surface area (Å²) >= 11 is 5.67. The number of carbonyl (C=O) groups excluding carboxylic acids is 1. The fraction of sp³-hybridized carbons (Fsp3) is 0.417. The van der Waals surface area contributed by atoms with E-state index in [1.807, 2.05) is 45.0 Å². The molecule has 88 valence electrons. The molecule has 0 spiro atoms. The predicted octanol–water partition coefficient (Wildman–Crippen LogP) is 3.58. The quantitative estimate of drug-likeness (QED) is 0.615. The molecule has 0 aliphatic carbocycles. The standard InChI is InChI=1S/C12H15BrINO/c1-8(13)12(2,3)15-11(16)9-6-4-5-7-10(9)14/h4-8H,1-3H3,(H,15,16). The molecule has 1 N–H and O–H groups in total. The molecule has 0 bridgehead atoms. The summed E-state index contributed by atoms with van der Waals surface area (Å²) in [4.78, 5) is 12.3. The third-order valence-corrected chi connectivity index (χ3v) is 4.63. The Hall–Kier alpha value is -0.100. The second kappa shape index (κ2) is 5.49. The number of amides is 1. The summed E-state index contributed by atoms with van der Waals surface area (Å²) in [5, 5.41) is 3.02. The van der Waals surface area contributed by atoms with Crippen LogP contribution in [0.5, 0.6) is 0 Å². The van der Waals surface area contributed by atoms with E-state index in [2.05, 4.69) is 43.8 Å². The second-order valence-electron chi connectivity index (χ2n) is 4.27. The Morgan fingerprint density at radius 1 is 1.44 bits per heavy atom. The van der Waals surface area contributed by atoms with Crippen molar-refractivity contribution in [3.63, 3.8) is 0 Å². The van der Waals surface area contributed by atoms with Gasteiger partial charge in [0.05, 0.1) is 5.56 Å². The van der Waals surface area contributed by atoms with Gasteiger partial charge < -0.3 is 5.32 Å². The van der Waals surface area contributed by atoms with Crippen molar-refractivity contribution < 1.29 is 4.79 Å². The molecule has 1 aromatic rings. The molecule has 0 saturated carbocycles. The Morgan fingerprint density at radius 3 is 2.50 bits per heavy atom. The van der Waals surface area contributed by atoms with Crippen LogP contribution in [0.2, 0.25) is 0 Å². The van der Waals surface area contributed by atoms with Crippen molar-refractivity contribution in [3.05, 3.63) is 33.4 Å². The summed E-state index contributed by atoms with van der Waals surface area (Å²) in [7, 11) is 0. The molecule has 0 saturated heterocycles. The molecule has 2 nitrogen and oxygen atoms in total. The third-order valence-electron chi connectivity index (χ3n) is 2.55. The molecule has 0 radical (unpaired) electrons. The minimum Gasteiger partial charge on any atom is -0.346 e. The summed E-state index contributed by atoms with van der Waals surface area (Å²) in [6.07, 6.45) is 0. The van der Waals surface area contributed by atoms with Crippen molar-refractivity contribution in [2.45, 2.75) is 31.1 Å². The number of nitrogens with one attached hydrogen (secondary N) is 1. The number of hydrogen-bond donors (Lipinski definition) is 1. The number of alkyl halides is 1. The van der Waals surface area contributed by atoms with E-state index >= 15 is 0 Å². The lowest BCUT2D eigenvalue weighted by Crippen LogP contribution is -2.49. The molecule has 0 heterocycles. The Kier molecular flexibility index (Phi) is 4.79. The van der Waals surface area contributed by atoms with E-state index in [1.165, 1.54) is 0 Å². The summed E-state index contributed by atoms with van der Waals surface area (Å²) in [5.41, 5.74) is 0.458. The first-order valence-electron chi connectivity index (χ1n) is 5.05. The largest absolute Gasteiger partial charge is 0.346 e. The zero-order valence-corrected chi connectivity index (χ0v) is 13.3. The molecule has 16 heavy (non-hydrogen) atoms. The van der Waals surface area contributed by atoms with Crippen LogP contribution in [0.25, 0.3) is 0 Å². The highest BCUT2D eigenvalue weighted by atomic mass is 127. The average Bonchev–Trinajstić information content (AvgIpc) is 2.17. The molecule has 4 heteroatoms. The zero-order valence-electron chi connectivity index (χ0n) is 9.55. The van der Waals surface area contributed by atoms with E-state index in [4.69, 9.17) is 0 Å². The molecular formula is C12H15BrINO. The van der Waals surface area contributed by atoms with Crippen molar-refractivity contribution >= 4 is 44.4 Å². The SMILES string of the molecule is CC(Br)C(C)(C)NC(=O)c1ccccc1I. The zero-order chi connectivity index (χ0) is 12.3. The first-order valence-corrected chi connectivity index (χ1v) is 7.05. The topological polar surface area (TPSA) is 29.1 Å². The Morgan fingerprint density at radius 2 is 2.00 bits per heavy atom. The molecule has 1 aromatic carbocycles. The van der Waals surface area contributed by atoms with Crippen molar-refractivity contribution in [2.24, 2.45) is 0 Å². The second-order valence-corrected chi connectivity index (χ2v) is 6.81. The first-order chi connectivity index (χ1) is 7.34. The molecule has 1 rings (SSSR count). The molecular weight excluding hydrogens is 381 g/mol. The van der Waals surface area contributed by atoms with Gasteiger partial charge in [0.15, 0.2) is 0 Å². The van der Waals surface area contributed by atoms with Crippen molar-refractivity contribution in [2.75, 3.05) is 0 Å². The van der Waals surface area contributed by atoms with Crippen LogP contribution in [0.3, 0.4) is 0 Å². The molecule has 1 unspecified atom stereocenters. The summed E-state index contributed by atoms with van der Waals surface area (Å²) in [6.45, 7) is 6.02. The minimum atomic E-state index is -0.268. The Balaban J connectivity index is 2.85. The molecule has 0 aliphatic rings. The van der Waals surface area contributed by atoms with Crippen molar-refractivity contribution in [1.82, 2.24) is 5.32 Å². The van der Waals surface area contributed by atoms with E-state index in [0.29, 0.717) is 0 Å². The maximum absolute atomic E-state index is 12.0. The van der Waals surface area contributed by atoms with E-state index in [-0.39, 0.29) is 16.3 Å². The van der Waals surface area contributed by atoms with E-state index in [1.54, 1.807) is 0 Å². The fourth-order valence-corrected chi connectivity index (χ4v) is 1.85. The normalized spacial score (nSPS) is 13.3. The third kappa shape index (κ3) is 3.45. The van der Waals surface area contributed by atoms with Gasteiger partial charge in [-0.2, -0.15) is 0 Å². The smallest absolute Gasteiger partial charge is 0.252 e. The van der Waals surface area contributed by atoms with Gasteiger partial charge in [0.25, 0.3) is 5.91 Å². The Bertz CT molecular complexity index is 390. The number of carbonyl (C=O) groups is 1. The van der Waals surface area contributed by atoms with Gasteiger partial charge in [0, 0.05) is 13.9 Å². The van der Waals surface area contributed by atoms with Crippen LogP contribution in [-0.4, -0.2) is 16.3 Å². The molecule has 1 amide bonds. The maximum atomic E-state index is 12.0.